The van der Waals surface area contributed by atoms with E-state index in [0.717, 1.165) is 36.1 Å². The molecule has 2 saturated carbocycles. The summed E-state index contributed by atoms with van der Waals surface area (Å²) in [7, 11) is 0. The van der Waals surface area contributed by atoms with Crippen LogP contribution in [0.25, 0.3) is 11.0 Å². The van der Waals surface area contributed by atoms with Gasteiger partial charge in [-0.2, -0.15) is 5.10 Å². The van der Waals surface area contributed by atoms with Gasteiger partial charge in [0.2, 0.25) is 0 Å². The molecule has 4 rings (SSSR count). The largest absolute Gasteiger partial charge is 0.462 e. The number of pyridine rings is 1. The summed E-state index contributed by atoms with van der Waals surface area (Å²) < 4.78 is 7.14. The highest BCUT2D eigenvalue weighted by atomic mass is 16.5. The quantitative estimate of drug-likeness (QED) is 0.652. The summed E-state index contributed by atoms with van der Waals surface area (Å²) >= 11 is 0. The third-order valence-electron chi connectivity index (χ3n) is 6.35. The Morgan fingerprint density at radius 2 is 1.77 bits per heavy atom. The molecule has 2 heterocycles. The first-order chi connectivity index (χ1) is 15.0. The maximum Gasteiger partial charge on any atom is 0.342 e. The summed E-state index contributed by atoms with van der Waals surface area (Å²) in [5.74, 6) is -0.313. The molecule has 0 amide bonds. The molecule has 2 fully saturated rings. The Kier molecular flexibility index (Phi) is 8.69. The number of esters is 1. The maximum absolute atomic E-state index is 12.5. The monoisotopic (exact) mass is 429 g/mol. The van der Waals surface area contributed by atoms with Crippen molar-refractivity contribution in [1.29, 1.82) is 0 Å². The Morgan fingerprint density at radius 3 is 2.32 bits per heavy atom. The van der Waals surface area contributed by atoms with E-state index >= 15 is 0 Å². The van der Waals surface area contributed by atoms with Crippen LogP contribution in [-0.4, -0.2) is 39.4 Å². The smallest absolute Gasteiger partial charge is 0.342 e. The van der Waals surface area contributed by atoms with E-state index in [1.807, 2.05) is 25.5 Å². The molecule has 0 aromatic carbocycles. The Labute approximate surface area is 186 Å². The number of nitrogens with one attached hydrogen (secondary N) is 1. The van der Waals surface area contributed by atoms with Gasteiger partial charge in [0, 0.05) is 18.6 Å². The molecule has 2 aliphatic rings. The number of nitrogens with two attached hydrogens (primary N) is 1. The minimum Gasteiger partial charge on any atom is -0.462 e. The van der Waals surface area contributed by atoms with Crippen LogP contribution in [0.3, 0.4) is 0 Å². The minimum absolute atomic E-state index is 0.313. The van der Waals surface area contributed by atoms with Gasteiger partial charge in [0.05, 0.1) is 29.6 Å². The van der Waals surface area contributed by atoms with Crippen LogP contribution in [0.15, 0.2) is 6.20 Å². The Balaban J connectivity index is 0.000000330. The highest BCUT2D eigenvalue weighted by Crippen LogP contribution is 2.32. The van der Waals surface area contributed by atoms with Crippen molar-refractivity contribution in [2.24, 2.45) is 5.73 Å². The minimum atomic E-state index is -0.313. The molecule has 0 spiro atoms. The summed E-state index contributed by atoms with van der Waals surface area (Å²) in [5, 5.41) is 8.93. The molecule has 2 aliphatic carbocycles. The van der Waals surface area contributed by atoms with Crippen molar-refractivity contribution >= 4 is 22.7 Å². The van der Waals surface area contributed by atoms with Gasteiger partial charge in [-0.1, -0.05) is 38.5 Å². The van der Waals surface area contributed by atoms with Crippen LogP contribution in [0.1, 0.15) is 94.1 Å². The van der Waals surface area contributed by atoms with Crippen molar-refractivity contribution in [2.45, 2.75) is 104 Å². The van der Waals surface area contributed by atoms with E-state index in [-0.39, 0.29) is 5.97 Å². The van der Waals surface area contributed by atoms with Gasteiger partial charge >= 0.3 is 5.97 Å². The normalized spacial score (nSPS) is 17.8. The molecule has 172 valence electrons. The fraction of sp³-hybridized carbons (Fsp3) is 0.708. The van der Waals surface area contributed by atoms with Crippen LogP contribution in [0.2, 0.25) is 0 Å². The van der Waals surface area contributed by atoms with Gasteiger partial charge in [0.1, 0.15) is 5.56 Å². The number of hydrogen-bond acceptors (Lipinski definition) is 6. The van der Waals surface area contributed by atoms with Crippen molar-refractivity contribution in [1.82, 2.24) is 14.8 Å². The van der Waals surface area contributed by atoms with E-state index in [4.69, 9.17) is 10.5 Å². The molecule has 7 nitrogen and oxygen atoms in total. The molecule has 0 aliphatic heterocycles. The first-order valence-electron chi connectivity index (χ1n) is 12.1. The summed E-state index contributed by atoms with van der Waals surface area (Å²) in [5.41, 5.74) is 8.53. The van der Waals surface area contributed by atoms with Crippen molar-refractivity contribution in [3.05, 3.63) is 17.5 Å². The van der Waals surface area contributed by atoms with Gasteiger partial charge in [-0.3, -0.25) is 0 Å². The number of aromatic nitrogens is 3. The van der Waals surface area contributed by atoms with Gasteiger partial charge in [-0.05, 0) is 46.5 Å². The Hall–Kier alpha value is -2.15. The average molecular weight is 430 g/mol. The number of fused-ring (bicyclic) bond motifs is 1. The molecule has 2 aromatic heterocycles. The number of hydrogen-bond donors (Lipinski definition) is 2. The topological polar surface area (TPSA) is 95.1 Å². The SMILES string of the molecule is CCOC(=O)c1c(C)nc2c(cnn2CC)c1NC1CCCCC1.NC1CCCCC1. The van der Waals surface area contributed by atoms with E-state index in [1.165, 1.54) is 51.4 Å². The zero-order valence-electron chi connectivity index (χ0n) is 19.5. The van der Waals surface area contributed by atoms with Gasteiger partial charge in [-0.25, -0.2) is 14.5 Å². The molecule has 0 unspecified atom stereocenters. The van der Waals surface area contributed by atoms with Gasteiger partial charge in [0.15, 0.2) is 5.65 Å². The lowest BCUT2D eigenvalue weighted by molar-refractivity contribution is 0.0526. The van der Waals surface area contributed by atoms with E-state index in [2.05, 4.69) is 15.4 Å². The van der Waals surface area contributed by atoms with Crippen LogP contribution >= 0.6 is 0 Å². The van der Waals surface area contributed by atoms with Crippen LogP contribution in [0, 0.1) is 6.92 Å². The molecule has 0 saturated heterocycles. The summed E-state index contributed by atoms with van der Waals surface area (Å²) in [6, 6.07) is 0.927. The molecule has 31 heavy (non-hydrogen) atoms. The lowest BCUT2D eigenvalue weighted by Crippen LogP contribution is -2.24. The zero-order chi connectivity index (χ0) is 22.2. The second-order valence-electron chi connectivity index (χ2n) is 8.74. The maximum atomic E-state index is 12.5. The molecule has 7 heteroatoms. The fourth-order valence-corrected chi connectivity index (χ4v) is 4.62. The first kappa shape index (κ1) is 23.5. The lowest BCUT2D eigenvalue weighted by atomic mass is 9.94. The van der Waals surface area contributed by atoms with Gasteiger partial charge < -0.3 is 15.8 Å². The third-order valence-corrected chi connectivity index (χ3v) is 6.35. The second kappa shape index (κ2) is 11.5. The Bertz CT molecular complexity index is 851. The van der Waals surface area contributed by atoms with E-state index in [9.17, 15) is 4.79 Å². The summed E-state index contributed by atoms with van der Waals surface area (Å²) in [6.07, 6.45) is 14.5. The molecule has 0 radical (unpaired) electrons. The fourth-order valence-electron chi connectivity index (χ4n) is 4.62. The zero-order valence-corrected chi connectivity index (χ0v) is 19.5. The average Bonchev–Trinajstić information content (AvgIpc) is 3.18. The van der Waals surface area contributed by atoms with E-state index in [0.29, 0.717) is 29.9 Å². The molecular weight excluding hydrogens is 390 g/mol. The number of rotatable bonds is 5. The van der Waals surface area contributed by atoms with Gasteiger partial charge in [0.25, 0.3) is 0 Å². The molecule has 0 atom stereocenters. The van der Waals surface area contributed by atoms with E-state index < -0.39 is 0 Å². The molecule has 3 N–H and O–H groups in total. The number of carbonyl (C=O) groups excluding carboxylic acids is 1. The Morgan fingerprint density at radius 1 is 1.13 bits per heavy atom. The molecule has 0 bridgehead atoms. The van der Waals surface area contributed by atoms with Crippen molar-refractivity contribution in [3.8, 4) is 0 Å². The number of ether oxygens (including phenoxy) is 1. The second-order valence-corrected chi connectivity index (χ2v) is 8.74. The van der Waals surface area contributed by atoms with Crippen LogP contribution < -0.4 is 11.1 Å². The third kappa shape index (κ3) is 5.97. The van der Waals surface area contributed by atoms with Gasteiger partial charge in [-0.15, -0.1) is 0 Å². The van der Waals surface area contributed by atoms with E-state index in [1.54, 1.807) is 6.20 Å². The predicted molar refractivity (Wildman–Crippen MR) is 125 cm³/mol. The molecule has 2 aromatic rings. The highest BCUT2D eigenvalue weighted by Gasteiger charge is 2.24. The number of aryl methyl sites for hydroxylation is 2. The molecular formula is C24H39N5O2. The summed E-state index contributed by atoms with van der Waals surface area (Å²) in [4.78, 5) is 17.1. The first-order valence-corrected chi connectivity index (χ1v) is 12.1. The van der Waals surface area contributed by atoms with Crippen LogP contribution in [0.5, 0.6) is 0 Å². The highest BCUT2D eigenvalue weighted by molar-refractivity contribution is 6.05. The number of nitrogens with zero attached hydrogens (tertiary/aromatic N) is 3. The lowest BCUT2D eigenvalue weighted by Gasteiger charge is -2.25. The van der Waals surface area contributed by atoms with Crippen molar-refractivity contribution in [3.63, 3.8) is 0 Å². The standard InChI is InChI=1S/C18H26N4O2.C6H13N/c1-4-22-17-14(11-19-22)16(21-13-9-7-6-8-10-13)15(12(3)20-17)18(23)24-5-2;7-6-4-2-1-3-5-6/h11,13H,4-10H2,1-3H3,(H,20,21);6H,1-5,7H2. The summed E-state index contributed by atoms with van der Waals surface area (Å²) in [6.45, 7) is 6.83. The van der Waals surface area contributed by atoms with Crippen molar-refractivity contribution < 1.29 is 9.53 Å². The van der Waals surface area contributed by atoms with Crippen LogP contribution in [-0.2, 0) is 11.3 Å². The number of carbonyl (C=O) groups is 1. The van der Waals surface area contributed by atoms with Crippen LogP contribution in [0.4, 0.5) is 5.69 Å². The number of anilines is 1. The predicted octanol–water partition coefficient (Wildman–Crippen LogP) is 4.96. The van der Waals surface area contributed by atoms with Crippen molar-refractivity contribution in [2.75, 3.05) is 11.9 Å².